The van der Waals surface area contributed by atoms with Gasteiger partial charge in [-0.2, -0.15) is 0 Å². The lowest BCUT2D eigenvalue weighted by atomic mass is 10.2. The van der Waals surface area contributed by atoms with Gasteiger partial charge in [0.1, 0.15) is 6.26 Å². The summed E-state index contributed by atoms with van der Waals surface area (Å²) in [6.07, 6.45) is 5.66. The minimum absolute atomic E-state index is 0.576. The third-order valence-electron chi connectivity index (χ3n) is 1.68. The molecule has 0 aromatic carbocycles. The maximum atomic E-state index is 4.72. The third-order valence-corrected chi connectivity index (χ3v) is 1.68. The van der Waals surface area contributed by atoms with E-state index in [0.29, 0.717) is 6.04 Å². The van der Waals surface area contributed by atoms with Crippen LogP contribution in [0.25, 0.3) is 0 Å². The summed E-state index contributed by atoms with van der Waals surface area (Å²) in [6, 6.07) is 0.576. The van der Waals surface area contributed by atoms with Gasteiger partial charge < -0.3 is 9.84 Å². The average molecular weight is 168 g/mol. The van der Waals surface area contributed by atoms with Gasteiger partial charge in [-0.1, -0.05) is 19.0 Å². The normalized spacial score (nSPS) is 10.9. The van der Waals surface area contributed by atoms with Crippen LogP contribution in [0.2, 0.25) is 0 Å². The van der Waals surface area contributed by atoms with Gasteiger partial charge in [0, 0.05) is 11.6 Å². The van der Waals surface area contributed by atoms with Crippen LogP contribution in [0.3, 0.4) is 0 Å². The van der Waals surface area contributed by atoms with Crippen LogP contribution in [0, 0.1) is 0 Å². The molecule has 0 unspecified atom stereocenters. The van der Waals surface area contributed by atoms with Crippen molar-refractivity contribution in [1.29, 1.82) is 0 Å². The van der Waals surface area contributed by atoms with Crippen LogP contribution in [0.15, 0.2) is 17.0 Å². The minimum atomic E-state index is 0.576. The zero-order valence-corrected chi connectivity index (χ0v) is 7.71. The third kappa shape index (κ3) is 3.53. The summed E-state index contributed by atoms with van der Waals surface area (Å²) in [7, 11) is 0. The van der Waals surface area contributed by atoms with E-state index in [-0.39, 0.29) is 0 Å². The van der Waals surface area contributed by atoms with E-state index in [1.165, 1.54) is 5.56 Å². The van der Waals surface area contributed by atoms with Crippen LogP contribution in [0.1, 0.15) is 25.8 Å². The fraction of sp³-hybridized carbons (Fsp3) is 0.667. The van der Waals surface area contributed by atoms with Crippen molar-refractivity contribution < 1.29 is 4.52 Å². The number of aromatic nitrogens is 1. The lowest BCUT2D eigenvalue weighted by Crippen LogP contribution is -2.23. The van der Waals surface area contributed by atoms with Crippen molar-refractivity contribution in [3.8, 4) is 0 Å². The quantitative estimate of drug-likeness (QED) is 0.679. The zero-order chi connectivity index (χ0) is 8.81. The molecule has 0 radical (unpaired) electrons. The first-order valence-electron chi connectivity index (χ1n) is 4.40. The Balaban J connectivity index is 2.04. The van der Waals surface area contributed by atoms with Gasteiger partial charge in [0.25, 0.3) is 0 Å². The Morgan fingerprint density at radius 1 is 1.58 bits per heavy atom. The van der Waals surface area contributed by atoms with Gasteiger partial charge >= 0.3 is 0 Å². The zero-order valence-electron chi connectivity index (χ0n) is 7.71. The fourth-order valence-electron chi connectivity index (χ4n) is 1.03. The summed E-state index contributed by atoms with van der Waals surface area (Å²) in [4.78, 5) is 0. The molecule has 0 spiro atoms. The van der Waals surface area contributed by atoms with Crippen molar-refractivity contribution in [3.05, 3.63) is 18.0 Å². The summed E-state index contributed by atoms with van der Waals surface area (Å²) in [5.41, 5.74) is 1.18. The van der Waals surface area contributed by atoms with Crippen molar-refractivity contribution in [2.75, 3.05) is 6.54 Å². The van der Waals surface area contributed by atoms with Gasteiger partial charge in [-0.05, 0) is 19.4 Å². The van der Waals surface area contributed by atoms with Crippen LogP contribution in [-0.2, 0) is 6.42 Å². The molecule has 3 heteroatoms. The van der Waals surface area contributed by atoms with Crippen LogP contribution < -0.4 is 5.32 Å². The Labute approximate surface area is 73.1 Å². The molecule has 0 saturated carbocycles. The topological polar surface area (TPSA) is 38.1 Å². The van der Waals surface area contributed by atoms with Gasteiger partial charge in [-0.25, -0.2) is 0 Å². The smallest absolute Gasteiger partial charge is 0.126 e. The van der Waals surface area contributed by atoms with Crippen LogP contribution in [0.5, 0.6) is 0 Å². The summed E-state index contributed by atoms with van der Waals surface area (Å²) >= 11 is 0. The molecule has 0 atom stereocenters. The first kappa shape index (κ1) is 9.26. The molecule has 1 rings (SSSR count). The Morgan fingerprint density at radius 2 is 2.42 bits per heavy atom. The molecule has 0 aliphatic heterocycles. The number of nitrogens with one attached hydrogen (secondary N) is 1. The SMILES string of the molecule is CC(C)NCCCc1cnoc1. The predicted octanol–water partition coefficient (Wildman–Crippen LogP) is 1.61. The Bertz CT molecular complexity index is 194. The van der Waals surface area contributed by atoms with E-state index in [2.05, 4.69) is 24.3 Å². The van der Waals surface area contributed by atoms with Gasteiger partial charge in [0.15, 0.2) is 0 Å². The second kappa shape index (κ2) is 4.93. The molecule has 1 aromatic rings. The van der Waals surface area contributed by atoms with E-state index in [1.54, 1.807) is 12.5 Å². The van der Waals surface area contributed by atoms with Crippen LogP contribution in [-0.4, -0.2) is 17.7 Å². The maximum Gasteiger partial charge on any atom is 0.126 e. The van der Waals surface area contributed by atoms with E-state index >= 15 is 0 Å². The summed E-state index contributed by atoms with van der Waals surface area (Å²) < 4.78 is 4.72. The highest BCUT2D eigenvalue weighted by Gasteiger charge is 1.95. The molecule has 0 aliphatic rings. The van der Waals surface area contributed by atoms with E-state index in [9.17, 15) is 0 Å². The molecule has 1 heterocycles. The number of rotatable bonds is 5. The first-order valence-corrected chi connectivity index (χ1v) is 4.40. The van der Waals surface area contributed by atoms with E-state index in [4.69, 9.17) is 4.52 Å². The van der Waals surface area contributed by atoms with E-state index in [1.807, 2.05) is 0 Å². The molecule has 0 aliphatic carbocycles. The number of hydrogen-bond donors (Lipinski definition) is 1. The molecular formula is C9H16N2O. The standard InChI is InChI=1S/C9H16N2O/c1-8(2)10-5-3-4-9-6-11-12-7-9/h6-8,10H,3-5H2,1-2H3. The van der Waals surface area contributed by atoms with Crippen molar-refractivity contribution in [2.45, 2.75) is 32.7 Å². The molecule has 3 nitrogen and oxygen atoms in total. The average Bonchev–Trinajstić information content (AvgIpc) is 2.49. The lowest BCUT2D eigenvalue weighted by Gasteiger charge is -2.05. The van der Waals surface area contributed by atoms with E-state index < -0.39 is 0 Å². The molecule has 68 valence electrons. The lowest BCUT2D eigenvalue weighted by molar-refractivity contribution is 0.418. The van der Waals surface area contributed by atoms with Crippen molar-refractivity contribution in [1.82, 2.24) is 10.5 Å². The van der Waals surface area contributed by atoms with Crippen LogP contribution in [0.4, 0.5) is 0 Å². The van der Waals surface area contributed by atoms with Crippen molar-refractivity contribution >= 4 is 0 Å². The highest BCUT2D eigenvalue weighted by Crippen LogP contribution is 1.99. The molecule has 1 aromatic heterocycles. The van der Waals surface area contributed by atoms with Crippen molar-refractivity contribution in [3.63, 3.8) is 0 Å². The highest BCUT2D eigenvalue weighted by molar-refractivity contribution is 4.99. The molecule has 0 bridgehead atoms. The molecule has 0 amide bonds. The molecule has 0 saturated heterocycles. The Hall–Kier alpha value is -0.830. The molecule has 1 N–H and O–H groups in total. The van der Waals surface area contributed by atoms with E-state index in [0.717, 1.165) is 19.4 Å². The fourth-order valence-corrected chi connectivity index (χ4v) is 1.03. The summed E-state index contributed by atoms with van der Waals surface area (Å²) in [5, 5.41) is 7.00. The predicted molar refractivity (Wildman–Crippen MR) is 48.0 cm³/mol. The Kier molecular flexibility index (Phi) is 3.80. The summed E-state index contributed by atoms with van der Waals surface area (Å²) in [5.74, 6) is 0. The summed E-state index contributed by atoms with van der Waals surface area (Å²) in [6.45, 7) is 5.36. The number of hydrogen-bond acceptors (Lipinski definition) is 3. The monoisotopic (exact) mass is 168 g/mol. The number of nitrogens with zero attached hydrogens (tertiary/aromatic N) is 1. The first-order chi connectivity index (χ1) is 5.79. The van der Waals surface area contributed by atoms with Gasteiger partial charge in [0.2, 0.25) is 0 Å². The molecule has 12 heavy (non-hydrogen) atoms. The maximum absolute atomic E-state index is 4.72. The van der Waals surface area contributed by atoms with Gasteiger partial charge in [-0.15, -0.1) is 0 Å². The number of aryl methyl sites for hydroxylation is 1. The van der Waals surface area contributed by atoms with Crippen molar-refractivity contribution in [2.24, 2.45) is 0 Å². The second-order valence-electron chi connectivity index (χ2n) is 3.25. The molecule has 0 fully saturated rings. The molecular weight excluding hydrogens is 152 g/mol. The van der Waals surface area contributed by atoms with Crippen LogP contribution >= 0.6 is 0 Å². The Morgan fingerprint density at radius 3 is 3.00 bits per heavy atom. The highest BCUT2D eigenvalue weighted by atomic mass is 16.5. The van der Waals surface area contributed by atoms with Gasteiger partial charge in [-0.3, -0.25) is 0 Å². The second-order valence-corrected chi connectivity index (χ2v) is 3.25. The largest absolute Gasteiger partial charge is 0.364 e. The van der Waals surface area contributed by atoms with Gasteiger partial charge in [0.05, 0.1) is 6.20 Å². The minimum Gasteiger partial charge on any atom is -0.364 e.